The Morgan fingerprint density at radius 2 is 1.87 bits per heavy atom. The van der Waals surface area contributed by atoms with E-state index in [4.69, 9.17) is 4.74 Å². The molecular weight excluding hydrogens is 410 g/mol. The highest BCUT2D eigenvalue weighted by molar-refractivity contribution is 7.89. The second-order valence-electron chi connectivity index (χ2n) is 8.07. The quantitative estimate of drug-likeness (QED) is 0.698. The first-order valence-electron chi connectivity index (χ1n) is 10.00. The molecule has 2 saturated heterocycles. The Balaban J connectivity index is 1.73. The van der Waals surface area contributed by atoms with Gasteiger partial charge in [0.15, 0.2) is 6.10 Å². The zero-order chi connectivity index (χ0) is 22.1. The van der Waals surface area contributed by atoms with Crippen molar-refractivity contribution in [3.8, 4) is 0 Å². The maximum absolute atomic E-state index is 13.1. The van der Waals surface area contributed by atoms with Crippen LogP contribution in [0.15, 0.2) is 29.2 Å². The van der Waals surface area contributed by atoms with Gasteiger partial charge in [0, 0.05) is 26.2 Å². The summed E-state index contributed by atoms with van der Waals surface area (Å²) in [5, 5.41) is 2.51. The van der Waals surface area contributed by atoms with E-state index < -0.39 is 34.0 Å². The second kappa shape index (κ2) is 8.73. The number of nitrogens with zero attached hydrogens (tertiary/aromatic N) is 2. The minimum absolute atomic E-state index is 0.0103. The summed E-state index contributed by atoms with van der Waals surface area (Å²) in [6, 6.07) is 5.09. The molecule has 30 heavy (non-hydrogen) atoms. The molecule has 0 saturated carbocycles. The minimum atomic E-state index is -3.75. The minimum Gasteiger partial charge on any atom is -0.449 e. The van der Waals surface area contributed by atoms with Crippen LogP contribution in [0.25, 0.3) is 0 Å². The molecule has 164 valence electrons. The summed E-state index contributed by atoms with van der Waals surface area (Å²) in [7, 11) is -3.75. The van der Waals surface area contributed by atoms with Crippen LogP contribution in [0, 0.1) is 11.8 Å². The summed E-state index contributed by atoms with van der Waals surface area (Å²) in [6.07, 6.45) is -0.204. The van der Waals surface area contributed by atoms with Gasteiger partial charge in [-0.3, -0.25) is 9.69 Å². The van der Waals surface area contributed by atoms with Crippen LogP contribution < -0.4 is 5.32 Å². The number of carbonyl (C=O) groups excluding carboxylic acids is 3. The number of sulfonamides is 1. The van der Waals surface area contributed by atoms with Crippen molar-refractivity contribution >= 4 is 27.9 Å². The number of benzene rings is 1. The number of ether oxygens (including phenoxy) is 1. The summed E-state index contributed by atoms with van der Waals surface area (Å²) in [4.78, 5) is 37.4. The van der Waals surface area contributed by atoms with Crippen molar-refractivity contribution in [2.24, 2.45) is 11.8 Å². The number of hydrogen-bond acceptors (Lipinski definition) is 6. The average Bonchev–Trinajstić information content (AvgIpc) is 3.12. The van der Waals surface area contributed by atoms with E-state index in [0.717, 1.165) is 11.3 Å². The molecular formula is C20H27N3O6S. The number of amides is 3. The molecule has 0 unspecified atom stereocenters. The summed E-state index contributed by atoms with van der Waals surface area (Å²) in [6.45, 7) is 6.84. The smallest absolute Gasteiger partial charge is 0.338 e. The molecule has 0 bridgehead atoms. The summed E-state index contributed by atoms with van der Waals surface area (Å²) in [5.74, 6) is -0.941. The molecule has 3 rings (SSSR count). The summed E-state index contributed by atoms with van der Waals surface area (Å²) < 4.78 is 32.8. The first kappa shape index (κ1) is 22.2. The van der Waals surface area contributed by atoms with Gasteiger partial charge in [0.2, 0.25) is 10.0 Å². The number of imide groups is 1. The number of carbonyl (C=O) groups is 3. The van der Waals surface area contributed by atoms with Crippen LogP contribution in [-0.4, -0.2) is 67.8 Å². The van der Waals surface area contributed by atoms with Crippen molar-refractivity contribution in [3.05, 3.63) is 29.8 Å². The SMILES string of the molecule is C[C@@H]1C[C@@H](C)CN(S(=O)(=O)c2cccc(C(=O)O[C@@H](C)C(=O)N3CCNC3=O)c2)C1. The molecule has 1 aromatic rings. The molecule has 2 heterocycles. The molecule has 2 aliphatic heterocycles. The molecule has 9 nitrogen and oxygen atoms in total. The molecule has 0 radical (unpaired) electrons. The largest absolute Gasteiger partial charge is 0.449 e. The molecule has 1 N–H and O–H groups in total. The van der Waals surface area contributed by atoms with E-state index in [1.807, 2.05) is 13.8 Å². The molecule has 0 aromatic heterocycles. The van der Waals surface area contributed by atoms with Gasteiger partial charge >= 0.3 is 12.0 Å². The maximum Gasteiger partial charge on any atom is 0.338 e. The van der Waals surface area contributed by atoms with Gasteiger partial charge in [-0.15, -0.1) is 0 Å². The highest BCUT2D eigenvalue weighted by atomic mass is 32.2. The number of nitrogens with one attached hydrogen (secondary N) is 1. The first-order valence-corrected chi connectivity index (χ1v) is 11.4. The van der Waals surface area contributed by atoms with E-state index in [1.165, 1.54) is 35.5 Å². The fourth-order valence-corrected chi connectivity index (χ4v) is 5.64. The van der Waals surface area contributed by atoms with Crippen molar-refractivity contribution in [1.29, 1.82) is 0 Å². The van der Waals surface area contributed by atoms with Crippen LogP contribution in [0.3, 0.4) is 0 Å². The normalized spacial score (nSPS) is 23.7. The van der Waals surface area contributed by atoms with Gasteiger partial charge in [0.25, 0.3) is 5.91 Å². The third-order valence-corrected chi connectivity index (χ3v) is 7.12. The van der Waals surface area contributed by atoms with Gasteiger partial charge in [-0.05, 0) is 43.4 Å². The van der Waals surface area contributed by atoms with E-state index in [2.05, 4.69) is 5.32 Å². The number of esters is 1. The maximum atomic E-state index is 13.1. The van der Waals surface area contributed by atoms with E-state index >= 15 is 0 Å². The van der Waals surface area contributed by atoms with Gasteiger partial charge in [-0.1, -0.05) is 19.9 Å². The van der Waals surface area contributed by atoms with Crippen molar-refractivity contribution < 1.29 is 27.5 Å². The lowest BCUT2D eigenvalue weighted by Gasteiger charge is -2.34. The Hall–Kier alpha value is -2.46. The van der Waals surface area contributed by atoms with Crippen LogP contribution in [0.5, 0.6) is 0 Å². The van der Waals surface area contributed by atoms with Crippen LogP contribution in [-0.2, 0) is 19.6 Å². The van der Waals surface area contributed by atoms with Gasteiger partial charge in [-0.2, -0.15) is 4.31 Å². The van der Waals surface area contributed by atoms with E-state index in [9.17, 15) is 22.8 Å². The third kappa shape index (κ3) is 4.65. The predicted octanol–water partition coefficient (Wildman–Crippen LogP) is 1.45. The van der Waals surface area contributed by atoms with Crippen molar-refractivity contribution in [2.75, 3.05) is 26.2 Å². The predicted molar refractivity (Wildman–Crippen MR) is 108 cm³/mol. The van der Waals surface area contributed by atoms with Gasteiger partial charge in [0.1, 0.15) is 0 Å². The first-order chi connectivity index (χ1) is 14.1. The van der Waals surface area contributed by atoms with Crippen LogP contribution >= 0.6 is 0 Å². The van der Waals surface area contributed by atoms with Gasteiger partial charge < -0.3 is 10.1 Å². The van der Waals surface area contributed by atoms with Gasteiger partial charge in [-0.25, -0.2) is 18.0 Å². The monoisotopic (exact) mass is 437 g/mol. The van der Waals surface area contributed by atoms with Crippen LogP contribution in [0.4, 0.5) is 4.79 Å². The molecule has 10 heteroatoms. The van der Waals surface area contributed by atoms with Crippen LogP contribution in [0.1, 0.15) is 37.6 Å². The van der Waals surface area contributed by atoms with Crippen molar-refractivity contribution in [1.82, 2.24) is 14.5 Å². The van der Waals surface area contributed by atoms with Crippen molar-refractivity contribution in [3.63, 3.8) is 0 Å². The Labute approximate surface area is 176 Å². The van der Waals surface area contributed by atoms with Crippen molar-refractivity contribution in [2.45, 2.75) is 38.2 Å². The van der Waals surface area contributed by atoms with Gasteiger partial charge in [0.05, 0.1) is 10.5 Å². The molecule has 0 spiro atoms. The lowest BCUT2D eigenvalue weighted by atomic mass is 9.94. The van der Waals surface area contributed by atoms with E-state index in [1.54, 1.807) is 0 Å². The zero-order valence-corrected chi connectivity index (χ0v) is 18.1. The number of urea groups is 1. The fourth-order valence-electron chi connectivity index (χ4n) is 3.91. The Morgan fingerprint density at radius 3 is 2.47 bits per heavy atom. The van der Waals surface area contributed by atoms with Crippen LogP contribution in [0.2, 0.25) is 0 Å². The molecule has 2 aliphatic rings. The Kier molecular flexibility index (Phi) is 6.47. The topological polar surface area (TPSA) is 113 Å². The number of hydrogen-bond donors (Lipinski definition) is 1. The highest BCUT2D eigenvalue weighted by Gasteiger charge is 2.33. The molecule has 3 amide bonds. The summed E-state index contributed by atoms with van der Waals surface area (Å²) in [5.41, 5.74) is 0.0275. The Morgan fingerprint density at radius 1 is 1.20 bits per heavy atom. The molecule has 2 fully saturated rings. The summed E-state index contributed by atoms with van der Waals surface area (Å²) >= 11 is 0. The average molecular weight is 438 g/mol. The fraction of sp³-hybridized carbons (Fsp3) is 0.550. The number of piperidine rings is 1. The Bertz CT molecular complexity index is 938. The lowest BCUT2D eigenvalue weighted by Crippen LogP contribution is -2.42. The lowest BCUT2D eigenvalue weighted by molar-refractivity contribution is -0.136. The third-order valence-electron chi connectivity index (χ3n) is 5.30. The molecule has 0 aliphatic carbocycles. The molecule has 1 aromatic carbocycles. The second-order valence-corrected chi connectivity index (χ2v) is 10.0. The standard InChI is InChI=1S/C20H27N3O6S/c1-13-9-14(2)12-22(11-13)30(27,28)17-6-4-5-16(10-17)19(25)29-15(3)18(24)23-8-7-21-20(23)26/h4-6,10,13-15H,7-9,11-12H2,1-3H3,(H,21,26)/t13-,14-,15+/m1/s1. The molecule has 3 atom stereocenters. The van der Waals surface area contributed by atoms with E-state index in [-0.39, 0.29) is 28.8 Å². The highest BCUT2D eigenvalue weighted by Crippen LogP contribution is 2.27. The number of rotatable bonds is 5. The van der Waals surface area contributed by atoms with E-state index in [0.29, 0.717) is 19.6 Å². The zero-order valence-electron chi connectivity index (χ0n) is 17.3.